The molecular weight excluding hydrogens is 494 g/mol. The third-order valence-corrected chi connectivity index (χ3v) is 5.44. The number of benzene rings is 3. The zero-order valence-electron chi connectivity index (χ0n) is 19.3. The van der Waals surface area contributed by atoms with Crippen LogP contribution in [0.3, 0.4) is 0 Å². The van der Waals surface area contributed by atoms with Gasteiger partial charge in [-0.05, 0) is 58.5 Å². The summed E-state index contributed by atoms with van der Waals surface area (Å²) in [6.45, 7) is 0. The molecule has 3 aromatic carbocycles. The first-order valence-corrected chi connectivity index (χ1v) is 11.4. The van der Waals surface area contributed by atoms with Crippen molar-refractivity contribution in [2.45, 2.75) is 12.5 Å². The molecule has 0 aliphatic heterocycles. The molecule has 184 valence electrons. The number of tetrazole rings is 1. The van der Waals surface area contributed by atoms with Gasteiger partial charge in [-0.25, -0.2) is 0 Å². The first-order chi connectivity index (χ1) is 17.9. The van der Waals surface area contributed by atoms with Crippen LogP contribution in [0.4, 0.5) is 5.69 Å². The van der Waals surface area contributed by atoms with Gasteiger partial charge >= 0.3 is 0 Å². The zero-order valence-corrected chi connectivity index (χ0v) is 20.0. The predicted molar refractivity (Wildman–Crippen MR) is 137 cm³/mol. The van der Waals surface area contributed by atoms with Gasteiger partial charge in [-0.1, -0.05) is 47.9 Å². The van der Waals surface area contributed by atoms with Crippen molar-refractivity contribution < 1.29 is 14.4 Å². The van der Waals surface area contributed by atoms with Crippen molar-refractivity contribution in [1.82, 2.24) is 25.5 Å². The maximum Gasteiger partial charge on any atom is 0.296 e. The van der Waals surface area contributed by atoms with E-state index in [4.69, 9.17) is 17.3 Å². The van der Waals surface area contributed by atoms with Gasteiger partial charge in [-0.2, -0.15) is 4.68 Å². The number of carbonyl (C=O) groups excluding carboxylic acids is 3. The van der Waals surface area contributed by atoms with Crippen LogP contribution < -0.4 is 16.4 Å². The average Bonchev–Trinajstić information content (AvgIpc) is 3.43. The lowest BCUT2D eigenvalue weighted by Gasteiger charge is -2.17. The molecule has 0 aliphatic rings. The molecule has 0 saturated carbocycles. The van der Waals surface area contributed by atoms with Gasteiger partial charge in [0.05, 0.1) is 11.3 Å². The summed E-state index contributed by atoms with van der Waals surface area (Å²) in [6, 6.07) is 19.3. The second-order valence-electron chi connectivity index (χ2n) is 7.81. The molecular formula is C26H20ClN7O3. The van der Waals surface area contributed by atoms with Crippen molar-refractivity contribution in [3.63, 3.8) is 0 Å². The van der Waals surface area contributed by atoms with Crippen molar-refractivity contribution in [3.8, 4) is 17.5 Å². The molecule has 1 heterocycles. The van der Waals surface area contributed by atoms with Crippen LogP contribution in [0.5, 0.6) is 0 Å². The lowest BCUT2D eigenvalue weighted by Crippen LogP contribution is -2.44. The highest BCUT2D eigenvalue weighted by molar-refractivity contribution is 6.30. The minimum Gasteiger partial charge on any atom is -0.366 e. The van der Waals surface area contributed by atoms with Gasteiger partial charge in [0.15, 0.2) is 0 Å². The minimum absolute atomic E-state index is 0.229. The Morgan fingerprint density at radius 2 is 1.78 bits per heavy atom. The van der Waals surface area contributed by atoms with E-state index in [1.54, 1.807) is 30.3 Å². The van der Waals surface area contributed by atoms with Crippen molar-refractivity contribution in [1.29, 1.82) is 0 Å². The Kier molecular flexibility index (Phi) is 7.88. The third kappa shape index (κ3) is 6.78. The van der Waals surface area contributed by atoms with Gasteiger partial charge < -0.3 is 16.4 Å². The third-order valence-electron chi connectivity index (χ3n) is 5.21. The summed E-state index contributed by atoms with van der Waals surface area (Å²) in [5.41, 5.74) is 7.82. The van der Waals surface area contributed by atoms with E-state index in [-0.39, 0.29) is 6.42 Å². The predicted octanol–water partition coefficient (Wildman–Crippen LogP) is 2.13. The molecule has 0 fully saturated rings. The van der Waals surface area contributed by atoms with Crippen LogP contribution >= 0.6 is 11.6 Å². The van der Waals surface area contributed by atoms with E-state index < -0.39 is 23.8 Å². The molecule has 11 heteroatoms. The number of anilines is 1. The number of hydrogen-bond donors (Lipinski definition) is 3. The van der Waals surface area contributed by atoms with Crippen LogP contribution in [0.2, 0.25) is 5.02 Å². The van der Waals surface area contributed by atoms with Crippen molar-refractivity contribution in [2.24, 2.45) is 5.73 Å². The molecule has 4 aromatic rings. The van der Waals surface area contributed by atoms with Gasteiger partial charge in [0.25, 0.3) is 5.91 Å². The largest absolute Gasteiger partial charge is 0.366 e. The monoisotopic (exact) mass is 513 g/mol. The first-order valence-electron chi connectivity index (χ1n) is 11.0. The molecule has 0 spiro atoms. The zero-order chi connectivity index (χ0) is 26.2. The summed E-state index contributed by atoms with van der Waals surface area (Å²) in [5, 5.41) is 16.9. The molecule has 0 aliphatic carbocycles. The molecule has 1 aromatic heterocycles. The van der Waals surface area contributed by atoms with E-state index in [9.17, 15) is 14.4 Å². The molecule has 1 unspecified atom stereocenters. The number of hydrogen-bond acceptors (Lipinski definition) is 6. The van der Waals surface area contributed by atoms with Gasteiger partial charge in [0.2, 0.25) is 11.8 Å². The quantitative estimate of drug-likeness (QED) is 0.323. The first kappa shape index (κ1) is 25.1. The number of carbonyl (C=O) groups is 3. The Hall–Kier alpha value is -5.01. The molecule has 4 N–H and O–H groups in total. The Morgan fingerprint density at radius 3 is 2.46 bits per heavy atom. The number of rotatable bonds is 7. The summed E-state index contributed by atoms with van der Waals surface area (Å²) in [4.78, 5) is 37.2. The lowest BCUT2D eigenvalue weighted by atomic mass is 10.0. The smallest absolute Gasteiger partial charge is 0.296 e. The lowest BCUT2D eigenvalue weighted by molar-refractivity contribution is -0.123. The molecule has 37 heavy (non-hydrogen) atoms. The second-order valence-corrected chi connectivity index (χ2v) is 8.25. The highest BCUT2D eigenvalue weighted by Crippen LogP contribution is 2.18. The van der Waals surface area contributed by atoms with Gasteiger partial charge in [0.1, 0.15) is 12.4 Å². The maximum atomic E-state index is 13.1. The molecule has 1 atom stereocenters. The summed E-state index contributed by atoms with van der Waals surface area (Å²) >= 11 is 6.11. The fourth-order valence-corrected chi connectivity index (χ4v) is 3.58. The van der Waals surface area contributed by atoms with Crippen molar-refractivity contribution in [3.05, 3.63) is 101 Å². The SMILES string of the molecule is NC(=O)c1ccc(NC(=O)C(Cc2ccccc2)NC(=O)C#Cc2cc(Cl)ccc2-n2cnnn2)cc1. The molecule has 0 radical (unpaired) electrons. The van der Waals surface area contributed by atoms with E-state index in [2.05, 4.69) is 38.0 Å². The Labute approximate surface area is 216 Å². The summed E-state index contributed by atoms with van der Waals surface area (Å²) in [7, 11) is 0. The highest BCUT2D eigenvalue weighted by atomic mass is 35.5. The number of aromatic nitrogens is 4. The van der Waals surface area contributed by atoms with Crippen LogP contribution in [-0.4, -0.2) is 44.0 Å². The number of halogens is 1. The van der Waals surface area contributed by atoms with E-state index >= 15 is 0 Å². The Balaban J connectivity index is 1.54. The van der Waals surface area contributed by atoms with Crippen LogP contribution in [0, 0.1) is 11.8 Å². The number of amides is 3. The Morgan fingerprint density at radius 1 is 1.03 bits per heavy atom. The number of nitrogens with one attached hydrogen (secondary N) is 2. The van der Waals surface area contributed by atoms with E-state index in [1.165, 1.54) is 23.1 Å². The van der Waals surface area contributed by atoms with E-state index in [0.29, 0.717) is 27.5 Å². The number of nitrogens with zero attached hydrogens (tertiary/aromatic N) is 4. The van der Waals surface area contributed by atoms with Crippen LogP contribution in [0.1, 0.15) is 21.5 Å². The normalized spacial score (nSPS) is 11.1. The second kappa shape index (κ2) is 11.6. The molecule has 0 saturated heterocycles. The minimum atomic E-state index is -0.932. The van der Waals surface area contributed by atoms with Crippen LogP contribution in [-0.2, 0) is 16.0 Å². The fraction of sp³-hybridized carbons (Fsp3) is 0.0769. The molecule has 10 nitrogen and oxygen atoms in total. The number of primary amides is 1. The standard InChI is InChI=1S/C26H20ClN7O3/c27-20-9-12-23(34-16-29-32-33-34)19(15-20)8-13-24(35)31-22(14-17-4-2-1-3-5-17)26(37)30-21-10-6-18(7-11-21)25(28)36/h1-7,9-12,15-16,22H,14H2,(H2,28,36)(H,30,37)(H,31,35). The van der Waals surface area contributed by atoms with Crippen molar-refractivity contribution >= 4 is 35.0 Å². The van der Waals surface area contributed by atoms with Crippen LogP contribution in [0.15, 0.2) is 79.1 Å². The van der Waals surface area contributed by atoms with Gasteiger partial charge in [-0.15, -0.1) is 5.10 Å². The topological polar surface area (TPSA) is 145 Å². The molecule has 0 bridgehead atoms. The number of nitrogens with two attached hydrogens (primary N) is 1. The van der Waals surface area contributed by atoms with Crippen molar-refractivity contribution in [2.75, 3.05) is 5.32 Å². The van der Waals surface area contributed by atoms with E-state index in [0.717, 1.165) is 5.56 Å². The highest BCUT2D eigenvalue weighted by Gasteiger charge is 2.21. The Bertz CT molecular complexity index is 1480. The van der Waals surface area contributed by atoms with E-state index in [1.807, 2.05) is 30.3 Å². The molecule has 3 amide bonds. The average molecular weight is 514 g/mol. The maximum absolute atomic E-state index is 13.1. The van der Waals surface area contributed by atoms with Gasteiger partial charge in [0, 0.05) is 28.6 Å². The van der Waals surface area contributed by atoms with Crippen LogP contribution in [0.25, 0.3) is 5.69 Å². The molecule has 4 rings (SSSR count). The summed E-state index contributed by atoms with van der Waals surface area (Å²) in [6.07, 6.45) is 1.62. The van der Waals surface area contributed by atoms with Gasteiger partial charge in [-0.3, -0.25) is 14.4 Å². The summed E-state index contributed by atoms with van der Waals surface area (Å²) < 4.78 is 1.40. The fourth-order valence-electron chi connectivity index (χ4n) is 3.40. The summed E-state index contributed by atoms with van der Waals surface area (Å²) in [5.74, 6) is 3.59.